The summed E-state index contributed by atoms with van der Waals surface area (Å²) in [6, 6.07) is 13.5. The van der Waals surface area contributed by atoms with E-state index in [-0.39, 0.29) is 5.91 Å². The maximum Gasteiger partial charge on any atom is 0.251 e. The van der Waals surface area contributed by atoms with Gasteiger partial charge in [-0.2, -0.15) is 0 Å². The molecule has 1 N–H and O–H groups in total. The summed E-state index contributed by atoms with van der Waals surface area (Å²) in [5.74, 6) is -0.185. The number of carbonyl (C=O) groups is 1. The molecule has 0 unspecified atom stereocenters. The highest BCUT2D eigenvalue weighted by molar-refractivity contribution is 7.92. The number of carbonyl (C=O) groups excluding carboxylic acids is 1. The van der Waals surface area contributed by atoms with Crippen LogP contribution in [0.5, 0.6) is 0 Å². The summed E-state index contributed by atoms with van der Waals surface area (Å²) in [7, 11) is -1.89. The summed E-state index contributed by atoms with van der Waals surface area (Å²) in [5.41, 5.74) is 4.14. The Labute approximate surface area is 156 Å². The van der Waals surface area contributed by atoms with Gasteiger partial charge in [0.1, 0.15) is 0 Å². The van der Waals surface area contributed by atoms with Crippen LogP contribution in [0.2, 0.25) is 0 Å². The lowest BCUT2D eigenvalue weighted by atomic mass is 10.1. The summed E-state index contributed by atoms with van der Waals surface area (Å²) in [5, 5.41) is 2.92. The second-order valence-electron chi connectivity index (χ2n) is 6.53. The number of nitrogens with zero attached hydrogens (tertiary/aromatic N) is 1. The molecular weight excluding hydrogens is 348 g/mol. The van der Waals surface area contributed by atoms with E-state index >= 15 is 0 Å². The highest BCUT2D eigenvalue weighted by Crippen LogP contribution is 2.24. The first kappa shape index (κ1) is 20.0. The van der Waals surface area contributed by atoms with Crippen LogP contribution >= 0.6 is 0 Å². The third-order valence-electron chi connectivity index (χ3n) is 4.43. The Kier molecular flexibility index (Phi) is 6.42. The molecule has 140 valence electrons. The molecule has 2 aromatic carbocycles. The van der Waals surface area contributed by atoms with Gasteiger partial charge < -0.3 is 5.32 Å². The molecule has 0 heterocycles. The summed E-state index contributed by atoms with van der Waals surface area (Å²) in [4.78, 5) is 12.5. The topological polar surface area (TPSA) is 66.5 Å². The van der Waals surface area contributed by atoms with Gasteiger partial charge in [-0.3, -0.25) is 9.10 Å². The average Bonchev–Trinajstić information content (AvgIpc) is 2.59. The fourth-order valence-electron chi connectivity index (χ4n) is 2.73. The van der Waals surface area contributed by atoms with E-state index in [0.717, 1.165) is 19.1 Å². The number of anilines is 1. The van der Waals surface area contributed by atoms with E-state index < -0.39 is 10.0 Å². The van der Waals surface area contributed by atoms with Crippen LogP contribution in [-0.2, 0) is 16.4 Å². The SMILES string of the molecule is Cc1ccc(CCCNC(=O)c2cccc(N(C)S(C)(=O)=O)c2C)cc1. The molecule has 0 spiro atoms. The zero-order valence-corrected chi connectivity index (χ0v) is 16.6. The number of rotatable bonds is 7. The van der Waals surface area contributed by atoms with Gasteiger partial charge in [-0.15, -0.1) is 0 Å². The molecule has 0 radical (unpaired) electrons. The second-order valence-corrected chi connectivity index (χ2v) is 8.54. The fraction of sp³-hybridized carbons (Fsp3) is 0.350. The molecule has 0 aliphatic rings. The molecule has 0 fully saturated rings. The Balaban J connectivity index is 1.98. The number of amides is 1. The minimum Gasteiger partial charge on any atom is -0.352 e. The molecule has 0 aliphatic carbocycles. The van der Waals surface area contributed by atoms with E-state index in [2.05, 4.69) is 36.5 Å². The van der Waals surface area contributed by atoms with Crippen molar-refractivity contribution in [2.45, 2.75) is 26.7 Å². The highest BCUT2D eigenvalue weighted by Gasteiger charge is 2.18. The highest BCUT2D eigenvalue weighted by atomic mass is 32.2. The minimum atomic E-state index is -3.37. The van der Waals surface area contributed by atoms with Gasteiger partial charge in [-0.05, 0) is 49.9 Å². The lowest BCUT2D eigenvalue weighted by Gasteiger charge is -2.20. The zero-order chi connectivity index (χ0) is 19.3. The zero-order valence-electron chi connectivity index (χ0n) is 15.7. The predicted octanol–water partition coefficient (Wildman–Crippen LogP) is 3.06. The van der Waals surface area contributed by atoms with E-state index in [1.807, 2.05) is 0 Å². The fourth-order valence-corrected chi connectivity index (χ4v) is 3.29. The first-order chi connectivity index (χ1) is 12.2. The average molecular weight is 375 g/mol. The first-order valence-corrected chi connectivity index (χ1v) is 10.4. The van der Waals surface area contributed by atoms with E-state index in [9.17, 15) is 13.2 Å². The van der Waals surface area contributed by atoms with Crippen molar-refractivity contribution in [1.29, 1.82) is 0 Å². The van der Waals surface area contributed by atoms with Crippen molar-refractivity contribution < 1.29 is 13.2 Å². The van der Waals surface area contributed by atoms with Gasteiger partial charge in [-0.25, -0.2) is 8.42 Å². The van der Waals surface area contributed by atoms with E-state index in [0.29, 0.717) is 23.4 Å². The molecule has 0 aromatic heterocycles. The summed E-state index contributed by atoms with van der Waals surface area (Å²) >= 11 is 0. The molecule has 0 bridgehead atoms. The lowest BCUT2D eigenvalue weighted by Crippen LogP contribution is -2.28. The van der Waals surface area contributed by atoms with Crippen LogP contribution in [0.1, 0.15) is 33.5 Å². The Hall–Kier alpha value is -2.34. The molecule has 5 nitrogen and oxygen atoms in total. The molecule has 2 rings (SSSR count). The van der Waals surface area contributed by atoms with Gasteiger partial charge in [-0.1, -0.05) is 35.9 Å². The van der Waals surface area contributed by atoms with Crippen LogP contribution in [0.4, 0.5) is 5.69 Å². The number of hydrogen-bond donors (Lipinski definition) is 1. The van der Waals surface area contributed by atoms with Gasteiger partial charge >= 0.3 is 0 Å². The van der Waals surface area contributed by atoms with Crippen LogP contribution in [0.25, 0.3) is 0 Å². The van der Waals surface area contributed by atoms with Crippen LogP contribution in [0, 0.1) is 13.8 Å². The molecule has 0 saturated heterocycles. The van der Waals surface area contributed by atoms with Crippen molar-refractivity contribution in [3.8, 4) is 0 Å². The van der Waals surface area contributed by atoms with Crippen LogP contribution < -0.4 is 9.62 Å². The molecule has 6 heteroatoms. The minimum absolute atomic E-state index is 0.185. The van der Waals surface area contributed by atoms with Crippen molar-refractivity contribution >= 4 is 21.6 Å². The quantitative estimate of drug-likeness (QED) is 0.758. The van der Waals surface area contributed by atoms with Crippen molar-refractivity contribution in [2.75, 3.05) is 24.2 Å². The lowest BCUT2D eigenvalue weighted by molar-refractivity contribution is 0.0952. The number of benzene rings is 2. The normalized spacial score (nSPS) is 11.2. The Morgan fingerprint density at radius 3 is 2.35 bits per heavy atom. The van der Waals surface area contributed by atoms with Crippen molar-refractivity contribution in [3.05, 3.63) is 64.7 Å². The first-order valence-electron chi connectivity index (χ1n) is 8.57. The summed E-state index contributed by atoms with van der Waals surface area (Å²) < 4.78 is 24.7. The van der Waals surface area contributed by atoms with E-state index in [4.69, 9.17) is 0 Å². The van der Waals surface area contributed by atoms with Crippen LogP contribution in [-0.4, -0.2) is 34.2 Å². The molecule has 0 aliphatic heterocycles. The van der Waals surface area contributed by atoms with Gasteiger partial charge in [0.15, 0.2) is 0 Å². The molecule has 1 amide bonds. The Bertz CT molecular complexity index is 874. The molecule has 0 atom stereocenters. The number of aryl methyl sites for hydroxylation is 2. The van der Waals surface area contributed by atoms with Crippen LogP contribution in [0.3, 0.4) is 0 Å². The second kappa shape index (κ2) is 8.36. The maximum absolute atomic E-state index is 12.5. The smallest absolute Gasteiger partial charge is 0.251 e. The molecule has 26 heavy (non-hydrogen) atoms. The van der Waals surface area contributed by atoms with Gasteiger partial charge in [0, 0.05) is 19.2 Å². The maximum atomic E-state index is 12.5. The van der Waals surface area contributed by atoms with Crippen molar-refractivity contribution in [1.82, 2.24) is 5.32 Å². The van der Waals surface area contributed by atoms with Crippen molar-refractivity contribution in [2.24, 2.45) is 0 Å². The Morgan fingerprint density at radius 2 is 1.73 bits per heavy atom. The molecular formula is C20H26N2O3S. The van der Waals surface area contributed by atoms with Crippen molar-refractivity contribution in [3.63, 3.8) is 0 Å². The molecule has 2 aromatic rings. The van der Waals surface area contributed by atoms with E-state index in [1.54, 1.807) is 25.1 Å². The number of nitrogens with one attached hydrogen (secondary N) is 1. The third-order valence-corrected chi connectivity index (χ3v) is 5.63. The molecule has 0 saturated carbocycles. The van der Waals surface area contributed by atoms with Gasteiger partial charge in [0.25, 0.3) is 5.91 Å². The summed E-state index contributed by atoms with van der Waals surface area (Å²) in [6.45, 7) is 4.39. The third kappa shape index (κ3) is 5.08. The Morgan fingerprint density at radius 1 is 1.08 bits per heavy atom. The van der Waals surface area contributed by atoms with Crippen LogP contribution in [0.15, 0.2) is 42.5 Å². The predicted molar refractivity (Wildman–Crippen MR) is 106 cm³/mol. The number of sulfonamides is 1. The standard InChI is InChI=1S/C20H26N2O3S/c1-15-10-12-17(13-11-15)7-6-14-21-20(23)18-8-5-9-19(16(18)2)22(3)26(4,24)25/h5,8-13H,6-7,14H2,1-4H3,(H,21,23). The van der Waals surface area contributed by atoms with Gasteiger partial charge in [0.05, 0.1) is 11.9 Å². The number of hydrogen-bond acceptors (Lipinski definition) is 3. The largest absolute Gasteiger partial charge is 0.352 e. The summed E-state index contributed by atoms with van der Waals surface area (Å²) in [6.07, 6.45) is 2.89. The van der Waals surface area contributed by atoms with Gasteiger partial charge in [0.2, 0.25) is 10.0 Å². The van der Waals surface area contributed by atoms with E-state index in [1.165, 1.54) is 22.5 Å². The monoisotopic (exact) mass is 374 g/mol.